The highest BCUT2D eigenvalue weighted by Crippen LogP contribution is 2.34. The second-order valence-corrected chi connectivity index (χ2v) is 4.81. The molecule has 19 heavy (non-hydrogen) atoms. The smallest absolute Gasteiger partial charge is 0.121 e. The van der Waals surface area contributed by atoms with E-state index in [4.69, 9.17) is 9.72 Å². The number of fused-ring (bicyclic) bond motifs is 3. The molecule has 0 saturated heterocycles. The molecule has 4 nitrogen and oxygen atoms in total. The molecule has 2 N–H and O–H groups in total. The minimum Gasteiger partial charge on any atom is -0.497 e. The predicted octanol–water partition coefficient (Wildman–Crippen LogP) is 2.29. The maximum Gasteiger partial charge on any atom is 0.121 e. The standard InChI is InChI=1S/C15H19N3O/c1-3-16-9-14-17-13-7-5-10-4-6-11(19-2)8-12(10)15(13)18-14/h4,6,8,16H,3,5,7,9H2,1-2H3,(H,17,18). The third-order valence-electron chi connectivity index (χ3n) is 3.59. The van der Waals surface area contributed by atoms with Gasteiger partial charge in [0.2, 0.25) is 0 Å². The number of imidazole rings is 1. The first-order chi connectivity index (χ1) is 9.31. The molecule has 3 rings (SSSR count). The molecule has 1 aromatic heterocycles. The van der Waals surface area contributed by atoms with Crippen LogP contribution in [0.1, 0.15) is 24.0 Å². The molecule has 2 aromatic rings. The number of aryl methyl sites for hydroxylation is 2. The van der Waals surface area contributed by atoms with Crippen molar-refractivity contribution in [2.24, 2.45) is 0 Å². The van der Waals surface area contributed by atoms with Gasteiger partial charge in [-0.15, -0.1) is 0 Å². The normalized spacial score (nSPS) is 12.9. The zero-order chi connectivity index (χ0) is 13.2. The van der Waals surface area contributed by atoms with Crippen molar-refractivity contribution in [2.45, 2.75) is 26.3 Å². The van der Waals surface area contributed by atoms with Crippen molar-refractivity contribution >= 4 is 0 Å². The highest BCUT2D eigenvalue weighted by atomic mass is 16.5. The third kappa shape index (κ3) is 2.24. The van der Waals surface area contributed by atoms with Gasteiger partial charge < -0.3 is 15.0 Å². The van der Waals surface area contributed by atoms with Crippen molar-refractivity contribution in [1.82, 2.24) is 15.3 Å². The lowest BCUT2D eigenvalue weighted by Crippen LogP contribution is -2.12. The predicted molar refractivity (Wildman–Crippen MR) is 75.4 cm³/mol. The molecule has 0 saturated carbocycles. The fourth-order valence-corrected chi connectivity index (χ4v) is 2.58. The van der Waals surface area contributed by atoms with Crippen LogP contribution in [0.4, 0.5) is 0 Å². The molecule has 0 amide bonds. The minimum absolute atomic E-state index is 0.794. The number of ether oxygens (including phenoxy) is 1. The Balaban J connectivity index is 1.99. The number of H-pyrrole nitrogens is 1. The van der Waals surface area contributed by atoms with Crippen LogP contribution in [0.25, 0.3) is 11.3 Å². The highest BCUT2D eigenvalue weighted by molar-refractivity contribution is 5.70. The van der Waals surface area contributed by atoms with E-state index in [0.717, 1.165) is 43.2 Å². The molecule has 0 radical (unpaired) electrons. The summed E-state index contributed by atoms with van der Waals surface area (Å²) in [5.41, 5.74) is 4.90. The summed E-state index contributed by atoms with van der Waals surface area (Å²) < 4.78 is 5.32. The molecule has 1 aliphatic rings. The van der Waals surface area contributed by atoms with Gasteiger partial charge >= 0.3 is 0 Å². The lowest BCUT2D eigenvalue weighted by molar-refractivity contribution is 0.415. The maximum atomic E-state index is 5.32. The number of nitrogens with one attached hydrogen (secondary N) is 2. The summed E-state index contributed by atoms with van der Waals surface area (Å²) in [5, 5.41) is 3.30. The van der Waals surface area contributed by atoms with Gasteiger partial charge in [-0.3, -0.25) is 0 Å². The molecule has 4 heteroatoms. The van der Waals surface area contributed by atoms with Gasteiger partial charge in [0.05, 0.1) is 19.3 Å². The number of hydrogen-bond donors (Lipinski definition) is 2. The largest absolute Gasteiger partial charge is 0.497 e. The third-order valence-corrected chi connectivity index (χ3v) is 3.59. The lowest BCUT2D eigenvalue weighted by atomic mass is 9.92. The van der Waals surface area contributed by atoms with E-state index in [-0.39, 0.29) is 0 Å². The molecule has 0 atom stereocenters. The van der Waals surface area contributed by atoms with Gasteiger partial charge in [0.25, 0.3) is 0 Å². The first-order valence-electron chi connectivity index (χ1n) is 6.77. The first kappa shape index (κ1) is 12.2. The summed E-state index contributed by atoms with van der Waals surface area (Å²) in [7, 11) is 1.70. The Hall–Kier alpha value is -1.81. The summed E-state index contributed by atoms with van der Waals surface area (Å²) in [4.78, 5) is 8.16. The maximum absolute atomic E-state index is 5.32. The number of aromatic amines is 1. The second-order valence-electron chi connectivity index (χ2n) is 4.81. The van der Waals surface area contributed by atoms with Gasteiger partial charge in [-0.05, 0) is 37.1 Å². The van der Waals surface area contributed by atoms with Crippen LogP contribution in [-0.2, 0) is 19.4 Å². The molecule has 0 spiro atoms. The number of nitrogens with zero attached hydrogens (tertiary/aromatic N) is 1. The number of rotatable bonds is 4. The van der Waals surface area contributed by atoms with Crippen LogP contribution >= 0.6 is 0 Å². The molecule has 1 aromatic carbocycles. The highest BCUT2D eigenvalue weighted by Gasteiger charge is 2.20. The van der Waals surface area contributed by atoms with Crippen LogP contribution in [0.5, 0.6) is 5.75 Å². The van der Waals surface area contributed by atoms with Crippen LogP contribution in [-0.4, -0.2) is 23.6 Å². The van der Waals surface area contributed by atoms with Gasteiger partial charge in [0.15, 0.2) is 0 Å². The van der Waals surface area contributed by atoms with Crippen LogP contribution in [0.2, 0.25) is 0 Å². The zero-order valence-corrected chi connectivity index (χ0v) is 11.4. The summed E-state index contributed by atoms with van der Waals surface area (Å²) in [5.74, 6) is 1.91. The van der Waals surface area contributed by atoms with Gasteiger partial charge in [-0.1, -0.05) is 13.0 Å². The Kier molecular flexibility index (Phi) is 3.25. The van der Waals surface area contributed by atoms with Crippen LogP contribution in [0.3, 0.4) is 0 Å². The van der Waals surface area contributed by atoms with Gasteiger partial charge in [0.1, 0.15) is 11.6 Å². The minimum atomic E-state index is 0.794. The van der Waals surface area contributed by atoms with Crippen molar-refractivity contribution in [2.75, 3.05) is 13.7 Å². The van der Waals surface area contributed by atoms with Gasteiger partial charge in [-0.25, -0.2) is 4.98 Å². The number of benzene rings is 1. The van der Waals surface area contributed by atoms with Crippen molar-refractivity contribution < 1.29 is 4.74 Å². The van der Waals surface area contributed by atoms with E-state index in [2.05, 4.69) is 29.4 Å². The SMILES string of the molecule is CCNCc1nc2c([nH]1)CCc1ccc(OC)cc1-2. The van der Waals surface area contributed by atoms with Crippen molar-refractivity contribution in [3.63, 3.8) is 0 Å². The van der Waals surface area contributed by atoms with Crippen molar-refractivity contribution in [3.8, 4) is 17.0 Å². The molecule has 0 bridgehead atoms. The average molecular weight is 257 g/mol. The van der Waals surface area contributed by atoms with E-state index >= 15 is 0 Å². The van der Waals surface area contributed by atoms with E-state index in [9.17, 15) is 0 Å². The van der Waals surface area contributed by atoms with Crippen LogP contribution in [0.15, 0.2) is 18.2 Å². The Morgan fingerprint density at radius 1 is 1.37 bits per heavy atom. The zero-order valence-electron chi connectivity index (χ0n) is 11.4. The van der Waals surface area contributed by atoms with E-state index < -0.39 is 0 Å². The topological polar surface area (TPSA) is 49.9 Å². The van der Waals surface area contributed by atoms with E-state index in [1.165, 1.54) is 16.8 Å². The Bertz CT molecular complexity index is 589. The Labute approximate surface area is 113 Å². The van der Waals surface area contributed by atoms with E-state index in [1.54, 1.807) is 7.11 Å². The summed E-state index contributed by atoms with van der Waals surface area (Å²) in [6, 6.07) is 6.26. The van der Waals surface area contributed by atoms with Crippen LogP contribution < -0.4 is 10.1 Å². The molecular formula is C15H19N3O. The molecular weight excluding hydrogens is 238 g/mol. The fraction of sp³-hybridized carbons (Fsp3) is 0.400. The molecule has 1 aliphatic carbocycles. The van der Waals surface area contributed by atoms with Crippen molar-refractivity contribution in [3.05, 3.63) is 35.3 Å². The monoisotopic (exact) mass is 257 g/mol. The molecule has 0 fully saturated rings. The summed E-state index contributed by atoms with van der Waals surface area (Å²) in [6.07, 6.45) is 2.10. The lowest BCUT2D eigenvalue weighted by Gasteiger charge is -2.15. The molecule has 0 unspecified atom stereocenters. The number of hydrogen-bond acceptors (Lipinski definition) is 3. The number of methoxy groups -OCH3 is 1. The van der Waals surface area contributed by atoms with Crippen LogP contribution in [0, 0.1) is 0 Å². The van der Waals surface area contributed by atoms with E-state index in [0.29, 0.717) is 0 Å². The number of aromatic nitrogens is 2. The Morgan fingerprint density at radius 2 is 2.26 bits per heavy atom. The molecule has 100 valence electrons. The second kappa shape index (κ2) is 5.05. The quantitative estimate of drug-likeness (QED) is 0.883. The molecule has 0 aliphatic heterocycles. The van der Waals surface area contributed by atoms with E-state index in [1.807, 2.05) is 6.07 Å². The summed E-state index contributed by atoms with van der Waals surface area (Å²) in [6.45, 7) is 3.85. The molecule has 1 heterocycles. The van der Waals surface area contributed by atoms with Gasteiger partial charge in [-0.2, -0.15) is 0 Å². The van der Waals surface area contributed by atoms with Crippen molar-refractivity contribution in [1.29, 1.82) is 0 Å². The summed E-state index contributed by atoms with van der Waals surface area (Å²) >= 11 is 0. The average Bonchev–Trinajstić information content (AvgIpc) is 2.87. The fourth-order valence-electron chi connectivity index (χ4n) is 2.58. The Morgan fingerprint density at radius 3 is 3.05 bits per heavy atom. The first-order valence-corrected chi connectivity index (χ1v) is 6.77. The van der Waals surface area contributed by atoms with Gasteiger partial charge in [0, 0.05) is 11.3 Å².